The van der Waals surface area contributed by atoms with Gasteiger partial charge in [-0.15, -0.1) is 0 Å². The lowest BCUT2D eigenvalue weighted by atomic mass is 10.1. The van der Waals surface area contributed by atoms with E-state index in [0.29, 0.717) is 18.2 Å². The summed E-state index contributed by atoms with van der Waals surface area (Å²) in [5.74, 6) is -0.387. The highest BCUT2D eigenvalue weighted by Crippen LogP contribution is 2.35. The van der Waals surface area contributed by atoms with Crippen LogP contribution in [0.3, 0.4) is 0 Å². The van der Waals surface area contributed by atoms with Crippen molar-refractivity contribution in [2.24, 2.45) is 0 Å². The highest BCUT2D eigenvalue weighted by atomic mass is 35.6. The van der Waals surface area contributed by atoms with E-state index in [0.717, 1.165) is 28.6 Å². The maximum absolute atomic E-state index is 12.7. The van der Waals surface area contributed by atoms with Crippen LogP contribution < -0.4 is 10.2 Å². The smallest absolute Gasteiger partial charge is 0.245 e. The van der Waals surface area contributed by atoms with Crippen molar-refractivity contribution < 1.29 is 4.79 Å². The molecule has 0 aliphatic carbocycles. The molecule has 1 aromatic heterocycles. The number of alkyl halides is 3. The van der Waals surface area contributed by atoms with Crippen LogP contribution >= 0.6 is 47.0 Å². The lowest BCUT2D eigenvalue weighted by molar-refractivity contribution is -0.117. The van der Waals surface area contributed by atoms with Crippen LogP contribution in [-0.2, 0) is 4.79 Å². The van der Waals surface area contributed by atoms with Crippen molar-refractivity contribution >= 4 is 80.7 Å². The number of benzene rings is 2. The summed E-state index contributed by atoms with van der Waals surface area (Å²) in [7, 11) is 0. The Labute approximate surface area is 212 Å². The van der Waals surface area contributed by atoms with E-state index in [1.807, 2.05) is 65.6 Å². The molecule has 170 valence electrons. The van der Waals surface area contributed by atoms with E-state index >= 15 is 0 Å². The number of hydrogen-bond donors (Lipinski definition) is 1. The normalized spacial score (nSPS) is 15.8. The van der Waals surface area contributed by atoms with Gasteiger partial charge in [-0.3, -0.25) is 9.78 Å². The van der Waals surface area contributed by atoms with E-state index in [2.05, 4.69) is 10.3 Å². The van der Waals surface area contributed by atoms with Gasteiger partial charge in [0, 0.05) is 30.7 Å². The third-order valence-electron chi connectivity index (χ3n) is 5.29. The Morgan fingerprint density at radius 1 is 1.06 bits per heavy atom. The summed E-state index contributed by atoms with van der Waals surface area (Å²) in [5, 5.41) is 4.28. The number of thiocarbonyl (C=S) groups is 1. The third kappa shape index (κ3) is 5.58. The Morgan fingerprint density at radius 2 is 1.82 bits per heavy atom. The van der Waals surface area contributed by atoms with Crippen LogP contribution in [-0.4, -0.2) is 44.0 Å². The summed E-state index contributed by atoms with van der Waals surface area (Å²) in [5.41, 5.74) is 2.60. The van der Waals surface area contributed by atoms with E-state index in [4.69, 9.17) is 47.0 Å². The first-order chi connectivity index (χ1) is 15.8. The number of amides is 1. The van der Waals surface area contributed by atoms with Crippen LogP contribution in [0.5, 0.6) is 0 Å². The number of nitrogens with zero attached hydrogens (tertiary/aromatic N) is 3. The van der Waals surface area contributed by atoms with Crippen LogP contribution in [0.1, 0.15) is 12.0 Å². The Morgan fingerprint density at radius 3 is 2.58 bits per heavy atom. The molecule has 1 atom stereocenters. The number of carbonyl (C=O) groups excluding carboxylic acids is 1. The molecule has 5 nitrogen and oxygen atoms in total. The molecule has 3 aromatic rings. The molecule has 1 saturated heterocycles. The molecule has 1 unspecified atom stereocenters. The first kappa shape index (κ1) is 23.8. The molecule has 2 aromatic carbocycles. The van der Waals surface area contributed by atoms with Crippen LogP contribution in [0.25, 0.3) is 17.0 Å². The largest absolute Gasteiger partial charge is 0.328 e. The van der Waals surface area contributed by atoms with Gasteiger partial charge in [0.25, 0.3) is 0 Å². The fraction of sp³-hybridized carbons (Fsp3) is 0.208. The van der Waals surface area contributed by atoms with Gasteiger partial charge in [0.1, 0.15) is 0 Å². The van der Waals surface area contributed by atoms with Crippen LogP contribution in [0.15, 0.2) is 72.9 Å². The number of nitrogens with one attached hydrogen (secondary N) is 1. The lowest BCUT2D eigenvalue weighted by Crippen LogP contribution is -2.62. The molecule has 2 heterocycles. The van der Waals surface area contributed by atoms with Gasteiger partial charge in [-0.05, 0) is 42.4 Å². The predicted molar refractivity (Wildman–Crippen MR) is 141 cm³/mol. The molecule has 0 bridgehead atoms. The third-order valence-corrected chi connectivity index (χ3v) is 6.36. The Kier molecular flexibility index (Phi) is 7.39. The predicted octanol–water partition coefficient (Wildman–Crippen LogP) is 5.56. The number of para-hydroxylation sites is 1. The van der Waals surface area contributed by atoms with E-state index in [1.54, 1.807) is 17.2 Å². The van der Waals surface area contributed by atoms with Crippen molar-refractivity contribution in [3.63, 3.8) is 0 Å². The summed E-state index contributed by atoms with van der Waals surface area (Å²) in [6.07, 6.45) is 4.68. The number of rotatable bonds is 5. The molecule has 1 N–H and O–H groups in total. The molecule has 4 rings (SSSR count). The van der Waals surface area contributed by atoms with Gasteiger partial charge in [-0.25, -0.2) is 0 Å². The zero-order chi connectivity index (χ0) is 23.4. The molecule has 0 saturated carbocycles. The number of aromatic nitrogens is 1. The monoisotopic (exact) mass is 518 g/mol. The molecule has 1 fully saturated rings. The van der Waals surface area contributed by atoms with Gasteiger partial charge in [0.2, 0.25) is 9.70 Å². The molecule has 1 aliphatic heterocycles. The number of hydrogen-bond acceptors (Lipinski definition) is 3. The molecule has 9 heteroatoms. The zero-order valence-electron chi connectivity index (χ0n) is 17.5. The quantitative estimate of drug-likeness (QED) is 0.272. The van der Waals surface area contributed by atoms with Crippen molar-refractivity contribution in [2.75, 3.05) is 18.0 Å². The minimum Gasteiger partial charge on any atom is -0.328 e. The minimum atomic E-state index is -1.81. The Bertz CT molecular complexity index is 1180. The number of halogens is 3. The Balaban J connectivity index is 1.58. The topological polar surface area (TPSA) is 48.5 Å². The second-order valence-electron chi connectivity index (χ2n) is 7.53. The molecule has 0 radical (unpaired) electrons. The maximum atomic E-state index is 12.7. The van der Waals surface area contributed by atoms with Crippen molar-refractivity contribution in [3.8, 4) is 0 Å². The van der Waals surface area contributed by atoms with Crippen molar-refractivity contribution in [1.82, 2.24) is 15.2 Å². The second-order valence-corrected chi connectivity index (χ2v) is 10.3. The number of pyridine rings is 1. The second kappa shape index (κ2) is 10.3. The highest BCUT2D eigenvalue weighted by molar-refractivity contribution is 7.80. The fourth-order valence-corrected chi connectivity index (χ4v) is 4.67. The summed E-state index contributed by atoms with van der Waals surface area (Å²) in [4.78, 5) is 20.9. The van der Waals surface area contributed by atoms with Crippen molar-refractivity contribution in [2.45, 2.75) is 16.4 Å². The van der Waals surface area contributed by atoms with Gasteiger partial charge >= 0.3 is 0 Å². The molecule has 33 heavy (non-hydrogen) atoms. The van der Waals surface area contributed by atoms with Gasteiger partial charge < -0.3 is 15.1 Å². The van der Waals surface area contributed by atoms with E-state index in [-0.39, 0.29) is 5.91 Å². The highest BCUT2D eigenvalue weighted by Gasteiger charge is 2.42. The minimum absolute atomic E-state index is 0.387. The number of fused-ring (bicyclic) bond motifs is 1. The molecule has 0 spiro atoms. The molecule has 1 aliphatic rings. The molecular weight excluding hydrogens is 499 g/mol. The Hall–Kier alpha value is -2.38. The van der Waals surface area contributed by atoms with Crippen LogP contribution in [0.2, 0.25) is 0 Å². The fourth-order valence-electron chi connectivity index (χ4n) is 3.77. The summed E-state index contributed by atoms with van der Waals surface area (Å²) in [6.45, 7) is 1.23. The summed E-state index contributed by atoms with van der Waals surface area (Å²) >= 11 is 24.7. The van der Waals surface area contributed by atoms with Gasteiger partial charge in [0.05, 0.1) is 11.2 Å². The van der Waals surface area contributed by atoms with Crippen LogP contribution in [0.4, 0.5) is 5.69 Å². The summed E-state index contributed by atoms with van der Waals surface area (Å²) in [6, 6.07) is 19.3. The number of anilines is 1. The van der Waals surface area contributed by atoms with E-state index < -0.39 is 9.96 Å². The first-order valence-corrected chi connectivity index (χ1v) is 11.9. The van der Waals surface area contributed by atoms with E-state index in [9.17, 15) is 4.79 Å². The first-order valence-electron chi connectivity index (χ1n) is 10.4. The van der Waals surface area contributed by atoms with Crippen molar-refractivity contribution in [1.29, 1.82) is 0 Å². The maximum Gasteiger partial charge on any atom is 0.245 e. The molecule has 1 amide bonds. The van der Waals surface area contributed by atoms with Gasteiger partial charge in [-0.1, -0.05) is 83.3 Å². The van der Waals surface area contributed by atoms with Crippen LogP contribution in [0, 0.1) is 0 Å². The SMILES string of the molecule is O=C(C=Cc1ccccc1)NC(N1CCCN(c2cccc3cccnc23)C1=S)C(Cl)(Cl)Cl. The standard InChI is InChI=1S/C24H21Cl3N4OS/c25-24(26,27)22(29-20(32)13-12-17-7-2-1-3-8-17)31-16-6-15-30(23(31)33)19-11-4-9-18-10-5-14-28-21(18)19/h1-5,7-14,22H,6,15-16H2,(H,29,32). The summed E-state index contributed by atoms with van der Waals surface area (Å²) < 4.78 is -1.81. The van der Waals surface area contributed by atoms with E-state index in [1.165, 1.54) is 6.08 Å². The zero-order valence-corrected chi connectivity index (χ0v) is 20.6. The lowest BCUT2D eigenvalue weighted by Gasteiger charge is -2.44. The number of carbonyl (C=O) groups is 1. The van der Waals surface area contributed by atoms with Gasteiger partial charge in [-0.2, -0.15) is 0 Å². The average molecular weight is 520 g/mol. The van der Waals surface area contributed by atoms with Crippen molar-refractivity contribution in [3.05, 3.63) is 78.5 Å². The van der Waals surface area contributed by atoms with Gasteiger partial charge in [0.15, 0.2) is 11.3 Å². The molecular formula is C24H21Cl3N4OS. The average Bonchev–Trinajstić information content (AvgIpc) is 2.81.